The summed E-state index contributed by atoms with van der Waals surface area (Å²) in [6.07, 6.45) is 3.02. The maximum Gasteiger partial charge on any atom is 0.330 e. The van der Waals surface area contributed by atoms with Crippen LogP contribution in [0.4, 0.5) is 11.5 Å². The Morgan fingerprint density at radius 2 is 1.96 bits per heavy atom. The molecule has 0 unspecified atom stereocenters. The molecule has 3 rings (SSSR count). The number of anilines is 2. The molecule has 0 radical (unpaired) electrons. The molecule has 0 spiro atoms. The number of benzene rings is 1. The Labute approximate surface area is 159 Å². The van der Waals surface area contributed by atoms with Gasteiger partial charge in [-0.25, -0.2) is 4.79 Å². The first-order valence-electron chi connectivity index (χ1n) is 8.13. The normalized spacial score (nSPS) is 11.0. The molecule has 0 aliphatic rings. The molecule has 7 nitrogen and oxygen atoms in total. The molecule has 0 saturated carbocycles. The fourth-order valence-corrected chi connectivity index (χ4v) is 3.20. The molecule has 0 aliphatic carbocycles. The number of nitrogens with one attached hydrogen (secondary N) is 1. The van der Waals surface area contributed by atoms with Gasteiger partial charge in [-0.05, 0) is 23.1 Å². The van der Waals surface area contributed by atoms with Gasteiger partial charge in [0, 0.05) is 18.0 Å². The van der Waals surface area contributed by atoms with E-state index in [0.717, 1.165) is 15.3 Å². The van der Waals surface area contributed by atoms with E-state index in [9.17, 15) is 14.4 Å². The summed E-state index contributed by atoms with van der Waals surface area (Å²) in [5, 5.41) is 1.90. The fourth-order valence-electron chi connectivity index (χ4n) is 2.59. The van der Waals surface area contributed by atoms with E-state index in [0.29, 0.717) is 0 Å². The van der Waals surface area contributed by atoms with Gasteiger partial charge in [-0.2, -0.15) is 0 Å². The predicted molar refractivity (Wildman–Crippen MR) is 108 cm³/mol. The van der Waals surface area contributed by atoms with E-state index in [1.54, 1.807) is 6.08 Å². The summed E-state index contributed by atoms with van der Waals surface area (Å²) in [5.41, 5.74) is 5.54. The molecular weight excluding hydrogens is 364 g/mol. The summed E-state index contributed by atoms with van der Waals surface area (Å²) in [4.78, 5) is 41.2. The van der Waals surface area contributed by atoms with Gasteiger partial charge in [-0.1, -0.05) is 36.4 Å². The minimum absolute atomic E-state index is 0.0621. The molecule has 2 aromatic heterocycles. The van der Waals surface area contributed by atoms with Crippen LogP contribution in [0.25, 0.3) is 6.08 Å². The second-order valence-corrected chi connectivity index (χ2v) is 6.79. The van der Waals surface area contributed by atoms with Crippen molar-refractivity contribution in [3.63, 3.8) is 0 Å². The summed E-state index contributed by atoms with van der Waals surface area (Å²) >= 11 is 1.49. The number of nitrogens with two attached hydrogens (primary N) is 1. The van der Waals surface area contributed by atoms with Crippen molar-refractivity contribution in [2.75, 3.05) is 17.7 Å². The van der Waals surface area contributed by atoms with E-state index in [1.165, 1.54) is 29.0 Å². The number of carbonyl (C=O) groups excluding carboxylic acids is 1. The average Bonchev–Trinajstić information content (AvgIpc) is 3.17. The van der Waals surface area contributed by atoms with Crippen LogP contribution in [0.3, 0.4) is 0 Å². The van der Waals surface area contributed by atoms with Crippen LogP contribution in [-0.2, 0) is 11.3 Å². The first kappa shape index (κ1) is 18.4. The summed E-state index contributed by atoms with van der Waals surface area (Å²) in [5.74, 6) is -0.488. The van der Waals surface area contributed by atoms with Crippen LogP contribution in [-0.4, -0.2) is 22.5 Å². The maximum atomic E-state index is 12.4. The number of nitrogens with zero attached hydrogens (tertiary/aromatic N) is 2. The van der Waals surface area contributed by atoms with Crippen LogP contribution in [0.1, 0.15) is 10.4 Å². The summed E-state index contributed by atoms with van der Waals surface area (Å²) in [7, 11) is 1.44. The van der Waals surface area contributed by atoms with Gasteiger partial charge < -0.3 is 10.6 Å². The largest absolute Gasteiger partial charge is 0.383 e. The Balaban J connectivity index is 1.95. The van der Waals surface area contributed by atoms with E-state index in [4.69, 9.17) is 5.73 Å². The standard InChI is InChI=1S/C19H18N4O3S/c1-22(15(24)10-9-14-8-5-11-27-14)16-17(20)23(19(26)21-18(16)25)12-13-6-3-2-4-7-13/h2-11H,12,20H2,1H3,(H,21,25,26). The molecule has 0 bridgehead atoms. The molecule has 1 aromatic carbocycles. The molecule has 0 fully saturated rings. The molecule has 3 aromatic rings. The number of carbonyl (C=O) groups is 1. The average molecular weight is 382 g/mol. The van der Waals surface area contributed by atoms with Crippen LogP contribution in [0.5, 0.6) is 0 Å². The number of likely N-dealkylation sites (N-methyl/N-ethyl adjacent to an activating group) is 1. The van der Waals surface area contributed by atoms with Crippen molar-refractivity contribution in [3.05, 3.63) is 85.2 Å². The Morgan fingerprint density at radius 1 is 1.22 bits per heavy atom. The number of aromatic nitrogens is 2. The highest BCUT2D eigenvalue weighted by Gasteiger charge is 2.19. The lowest BCUT2D eigenvalue weighted by atomic mass is 10.2. The fraction of sp³-hybridized carbons (Fsp3) is 0.105. The van der Waals surface area contributed by atoms with Crippen LogP contribution in [0, 0.1) is 0 Å². The van der Waals surface area contributed by atoms with E-state index in [-0.39, 0.29) is 18.1 Å². The Morgan fingerprint density at radius 3 is 2.63 bits per heavy atom. The van der Waals surface area contributed by atoms with Crippen molar-refractivity contribution in [3.8, 4) is 0 Å². The number of hydrogen-bond acceptors (Lipinski definition) is 5. The summed E-state index contributed by atoms with van der Waals surface area (Å²) in [6, 6.07) is 13.0. The lowest BCUT2D eigenvalue weighted by Crippen LogP contribution is -2.39. The number of amides is 1. The third-order valence-corrected chi connectivity index (χ3v) is 4.83. The molecule has 3 N–H and O–H groups in total. The SMILES string of the molecule is CN(C(=O)C=Cc1cccs1)c1c(N)n(Cc2ccccc2)c(=O)[nH]c1=O. The molecule has 0 atom stereocenters. The summed E-state index contributed by atoms with van der Waals surface area (Å²) in [6.45, 7) is 0.183. The quantitative estimate of drug-likeness (QED) is 0.658. The molecule has 0 aliphatic heterocycles. The molecular formula is C19H18N4O3S. The molecule has 1 amide bonds. The van der Waals surface area contributed by atoms with Crippen LogP contribution in [0.2, 0.25) is 0 Å². The number of H-pyrrole nitrogens is 1. The zero-order valence-corrected chi connectivity index (χ0v) is 15.4. The van der Waals surface area contributed by atoms with E-state index >= 15 is 0 Å². The lowest BCUT2D eigenvalue weighted by molar-refractivity contribution is -0.113. The van der Waals surface area contributed by atoms with Crippen LogP contribution < -0.4 is 21.9 Å². The predicted octanol–water partition coefficient (Wildman–Crippen LogP) is 1.90. The lowest BCUT2D eigenvalue weighted by Gasteiger charge is -2.19. The Bertz CT molecular complexity index is 1080. The van der Waals surface area contributed by atoms with Gasteiger partial charge in [0.15, 0.2) is 5.69 Å². The second-order valence-electron chi connectivity index (χ2n) is 5.81. The highest BCUT2D eigenvalue weighted by molar-refractivity contribution is 7.10. The van der Waals surface area contributed by atoms with Crippen LogP contribution in [0.15, 0.2) is 63.5 Å². The monoisotopic (exact) mass is 382 g/mol. The molecule has 0 saturated heterocycles. The number of thiophene rings is 1. The Hall–Kier alpha value is -3.39. The van der Waals surface area contributed by atoms with Crippen molar-refractivity contribution >= 4 is 34.8 Å². The van der Waals surface area contributed by atoms with Crippen molar-refractivity contribution in [1.29, 1.82) is 0 Å². The Kier molecular flexibility index (Phi) is 5.37. The van der Waals surface area contributed by atoms with Crippen molar-refractivity contribution in [2.24, 2.45) is 0 Å². The number of hydrogen-bond donors (Lipinski definition) is 2. The van der Waals surface area contributed by atoms with Gasteiger partial charge in [-0.3, -0.25) is 19.1 Å². The van der Waals surface area contributed by atoms with Gasteiger partial charge in [0.25, 0.3) is 11.5 Å². The first-order valence-corrected chi connectivity index (χ1v) is 9.01. The van der Waals surface area contributed by atoms with E-state index in [1.807, 2.05) is 47.8 Å². The molecule has 27 heavy (non-hydrogen) atoms. The van der Waals surface area contributed by atoms with E-state index in [2.05, 4.69) is 4.98 Å². The van der Waals surface area contributed by atoms with Gasteiger partial charge in [-0.15, -0.1) is 11.3 Å². The number of rotatable bonds is 5. The zero-order valence-electron chi connectivity index (χ0n) is 14.6. The van der Waals surface area contributed by atoms with Crippen molar-refractivity contribution < 1.29 is 4.79 Å². The minimum atomic E-state index is -0.706. The minimum Gasteiger partial charge on any atom is -0.383 e. The van der Waals surface area contributed by atoms with Crippen molar-refractivity contribution in [2.45, 2.75) is 6.54 Å². The maximum absolute atomic E-state index is 12.4. The zero-order chi connectivity index (χ0) is 19.4. The summed E-state index contributed by atoms with van der Waals surface area (Å²) < 4.78 is 1.23. The highest BCUT2D eigenvalue weighted by atomic mass is 32.1. The highest BCUT2D eigenvalue weighted by Crippen LogP contribution is 2.17. The van der Waals surface area contributed by atoms with Gasteiger partial charge >= 0.3 is 5.69 Å². The number of aromatic amines is 1. The second kappa shape index (κ2) is 7.88. The topological polar surface area (TPSA) is 101 Å². The van der Waals surface area contributed by atoms with Gasteiger partial charge in [0.05, 0.1) is 6.54 Å². The first-order chi connectivity index (χ1) is 13.0. The van der Waals surface area contributed by atoms with Gasteiger partial charge in [0.2, 0.25) is 0 Å². The smallest absolute Gasteiger partial charge is 0.330 e. The van der Waals surface area contributed by atoms with Gasteiger partial charge in [0.1, 0.15) is 5.82 Å². The van der Waals surface area contributed by atoms with Crippen LogP contribution >= 0.6 is 11.3 Å². The third kappa shape index (κ3) is 4.06. The number of nitrogen functional groups attached to an aromatic ring is 1. The third-order valence-electron chi connectivity index (χ3n) is 4.00. The molecule has 8 heteroatoms. The van der Waals surface area contributed by atoms with Crippen molar-refractivity contribution in [1.82, 2.24) is 9.55 Å². The molecule has 2 heterocycles. The molecule has 138 valence electrons. The van der Waals surface area contributed by atoms with E-state index < -0.39 is 17.2 Å².